The van der Waals surface area contributed by atoms with Crippen LogP contribution < -0.4 is 5.56 Å². The summed E-state index contributed by atoms with van der Waals surface area (Å²) >= 11 is 1.60. The van der Waals surface area contributed by atoms with E-state index in [2.05, 4.69) is 12.0 Å². The molecule has 1 atom stereocenters. The van der Waals surface area contributed by atoms with Gasteiger partial charge >= 0.3 is 0 Å². The number of nitrogens with zero attached hydrogens (tertiary/aromatic N) is 4. The second-order valence-electron chi connectivity index (χ2n) is 6.71. The molecule has 1 fully saturated rings. The van der Waals surface area contributed by atoms with Crippen LogP contribution in [0, 0.1) is 0 Å². The first-order valence-electron chi connectivity index (χ1n) is 8.88. The van der Waals surface area contributed by atoms with E-state index in [4.69, 9.17) is 0 Å². The van der Waals surface area contributed by atoms with Gasteiger partial charge in [0.15, 0.2) is 0 Å². The van der Waals surface area contributed by atoms with Gasteiger partial charge in [-0.3, -0.25) is 14.0 Å². The molecule has 0 bridgehead atoms. The van der Waals surface area contributed by atoms with Crippen LogP contribution in [0.2, 0.25) is 0 Å². The molecule has 0 N–H and O–H groups in total. The molecule has 3 aromatic rings. The molecule has 6 nitrogen and oxygen atoms in total. The van der Waals surface area contributed by atoms with E-state index in [1.165, 1.54) is 4.68 Å². The van der Waals surface area contributed by atoms with Crippen LogP contribution in [0.25, 0.3) is 15.7 Å². The summed E-state index contributed by atoms with van der Waals surface area (Å²) in [6, 6.07) is 4.15. The number of fused-ring (bicyclic) bond motifs is 3. The second-order valence-corrected chi connectivity index (χ2v) is 7.61. The first kappa shape index (κ1) is 16.3. The van der Waals surface area contributed by atoms with Crippen molar-refractivity contribution in [2.24, 2.45) is 0 Å². The molecule has 4 heterocycles. The van der Waals surface area contributed by atoms with Crippen molar-refractivity contribution >= 4 is 33.0 Å². The minimum absolute atomic E-state index is 0.0124. The van der Waals surface area contributed by atoms with Gasteiger partial charge in [-0.1, -0.05) is 6.92 Å². The van der Waals surface area contributed by atoms with E-state index in [-0.39, 0.29) is 24.1 Å². The largest absolute Gasteiger partial charge is 0.338 e. The SMILES string of the molecule is CCc1nn(CC(=O)N2CCCC[C@H]2C)c(=O)c2cc3ccsc3n12. The Balaban J connectivity index is 1.76. The molecule has 1 saturated heterocycles. The molecule has 4 rings (SSSR count). The number of piperidine rings is 1. The minimum Gasteiger partial charge on any atom is -0.338 e. The van der Waals surface area contributed by atoms with Gasteiger partial charge in [-0.2, -0.15) is 5.10 Å². The normalized spacial score (nSPS) is 18.3. The fourth-order valence-electron chi connectivity index (χ4n) is 3.72. The Kier molecular flexibility index (Phi) is 4.11. The van der Waals surface area contributed by atoms with Gasteiger partial charge in [0.05, 0.1) is 0 Å². The molecular weight excluding hydrogens is 336 g/mol. The van der Waals surface area contributed by atoms with Gasteiger partial charge in [-0.25, -0.2) is 4.68 Å². The van der Waals surface area contributed by atoms with Gasteiger partial charge in [0.1, 0.15) is 22.7 Å². The molecule has 25 heavy (non-hydrogen) atoms. The van der Waals surface area contributed by atoms with Crippen LogP contribution in [-0.4, -0.2) is 37.6 Å². The summed E-state index contributed by atoms with van der Waals surface area (Å²) in [5.41, 5.74) is 0.409. The van der Waals surface area contributed by atoms with Crippen molar-refractivity contribution in [3.63, 3.8) is 0 Å². The van der Waals surface area contributed by atoms with Crippen LogP contribution >= 0.6 is 11.3 Å². The van der Waals surface area contributed by atoms with E-state index in [9.17, 15) is 9.59 Å². The van der Waals surface area contributed by atoms with Gasteiger partial charge in [0.25, 0.3) is 5.56 Å². The molecule has 0 aliphatic carbocycles. The molecule has 0 radical (unpaired) electrons. The first-order chi connectivity index (χ1) is 12.1. The van der Waals surface area contributed by atoms with Crippen molar-refractivity contribution in [1.29, 1.82) is 0 Å². The lowest BCUT2D eigenvalue weighted by Crippen LogP contribution is -2.45. The van der Waals surface area contributed by atoms with E-state index in [0.717, 1.165) is 41.8 Å². The highest BCUT2D eigenvalue weighted by molar-refractivity contribution is 7.16. The van der Waals surface area contributed by atoms with Crippen molar-refractivity contribution in [1.82, 2.24) is 19.1 Å². The molecule has 7 heteroatoms. The molecule has 1 aliphatic heterocycles. The summed E-state index contributed by atoms with van der Waals surface area (Å²) < 4.78 is 3.29. The highest BCUT2D eigenvalue weighted by Crippen LogP contribution is 2.25. The average Bonchev–Trinajstić information content (AvgIpc) is 3.19. The smallest absolute Gasteiger partial charge is 0.291 e. The number of aryl methyl sites for hydroxylation is 1. The van der Waals surface area contributed by atoms with E-state index < -0.39 is 0 Å². The topological polar surface area (TPSA) is 59.6 Å². The van der Waals surface area contributed by atoms with E-state index in [1.807, 2.05) is 33.7 Å². The van der Waals surface area contributed by atoms with Crippen LogP contribution in [-0.2, 0) is 17.8 Å². The molecule has 1 aliphatic rings. The van der Waals surface area contributed by atoms with Crippen LogP contribution in [0.4, 0.5) is 0 Å². The van der Waals surface area contributed by atoms with E-state index in [1.54, 1.807) is 11.3 Å². The van der Waals surface area contributed by atoms with Crippen LogP contribution in [0.5, 0.6) is 0 Å². The molecule has 132 valence electrons. The van der Waals surface area contributed by atoms with Crippen molar-refractivity contribution in [3.8, 4) is 0 Å². The highest BCUT2D eigenvalue weighted by Gasteiger charge is 2.24. The Morgan fingerprint density at radius 1 is 1.40 bits per heavy atom. The predicted molar refractivity (Wildman–Crippen MR) is 99.2 cm³/mol. The van der Waals surface area contributed by atoms with Gasteiger partial charge in [0, 0.05) is 24.4 Å². The number of hydrogen-bond donors (Lipinski definition) is 0. The van der Waals surface area contributed by atoms with Gasteiger partial charge in [-0.05, 0) is 43.7 Å². The molecule has 0 saturated carbocycles. The Bertz CT molecular complexity index is 1000. The zero-order valence-electron chi connectivity index (χ0n) is 14.6. The fraction of sp³-hybridized carbons (Fsp3) is 0.500. The summed E-state index contributed by atoms with van der Waals surface area (Å²) in [6.07, 6.45) is 3.93. The van der Waals surface area contributed by atoms with E-state index in [0.29, 0.717) is 11.9 Å². The zero-order valence-corrected chi connectivity index (χ0v) is 15.4. The van der Waals surface area contributed by atoms with E-state index >= 15 is 0 Å². The molecule has 3 aromatic heterocycles. The van der Waals surface area contributed by atoms with Crippen molar-refractivity contribution in [2.75, 3.05) is 6.54 Å². The number of amides is 1. The number of carbonyl (C=O) groups excluding carboxylic acids is 1. The minimum atomic E-state index is -0.196. The standard InChI is InChI=1S/C18H22N4O2S/c1-3-15-19-21(11-16(23)20-8-5-4-6-12(20)2)17(24)14-10-13-7-9-25-18(13)22(14)15/h7,9-10,12H,3-6,8,11H2,1-2H3/t12-/m1/s1. The number of likely N-dealkylation sites (tertiary alicyclic amines) is 1. The Morgan fingerprint density at radius 2 is 2.24 bits per heavy atom. The molecule has 1 amide bonds. The van der Waals surface area contributed by atoms with Crippen molar-refractivity contribution < 1.29 is 4.79 Å². The van der Waals surface area contributed by atoms with Crippen LogP contribution in [0.1, 0.15) is 38.9 Å². The number of thiophene rings is 1. The zero-order chi connectivity index (χ0) is 17.6. The Labute approximate surface area is 149 Å². The molecule has 0 aromatic carbocycles. The maximum atomic E-state index is 12.9. The molecular formula is C18H22N4O2S. The van der Waals surface area contributed by atoms with Crippen LogP contribution in [0.3, 0.4) is 0 Å². The average molecular weight is 358 g/mol. The summed E-state index contributed by atoms with van der Waals surface area (Å²) in [7, 11) is 0. The summed E-state index contributed by atoms with van der Waals surface area (Å²) in [5.74, 6) is 0.799. The summed E-state index contributed by atoms with van der Waals surface area (Å²) in [6.45, 7) is 4.89. The third kappa shape index (κ3) is 2.66. The lowest BCUT2D eigenvalue weighted by Gasteiger charge is -2.33. The number of carbonyl (C=O) groups is 1. The third-order valence-electron chi connectivity index (χ3n) is 5.08. The maximum absolute atomic E-state index is 12.9. The first-order valence-corrected chi connectivity index (χ1v) is 9.76. The van der Waals surface area contributed by atoms with Gasteiger partial charge in [0.2, 0.25) is 5.91 Å². The highest BCUT2D eigenvalue weighted by atomic mass is 32.1. The lowest BCUT2D eigenvalue weighted by molar-refractivity contribution is -0.135. The van der Waals surface area contributed by atoms with Crippen molar-refractivity contribution in [2.45, 2.75) is 52.1 Å². The van der Waals surface area contributed by atoms with Gasteiger partial charge in [-0.15, -0.1) is 11.3 Å². The summed E-state index contributed by atoms with van der Waals surface area (Å²) in [4.78, 5) is 28.5. The fourth-order valence-corrected chi connectivity index (χ4v) is 4.64. The monoisotopic (exact) mass is 358 g/mol. The van der Waals surface area contributed by atoms with Gasteiger partial charge < -0.3 is 4.90 Å². The number of hydrogen-bond acceptors (Lipinski definition) is 4. The van der Waals surface area contributed by atoms with Crippen molar-refractivity contribution in [3.05, 3.63) is 33.7 Å². The number of aromatic nitrogens is 3. The molecule has 0 spiro atoms. The third-order valence-corrected chi connectivity index (χ3v) is 6.00. The lowest BCUT2D eigenvalue weighted by atomic mass is 10.0. The van der Waals surface area contributed by atoms with Crippen LogP contribution in [0.15, 0.2) is 22.3 Å². The summed E-state index contributed by atoms with van der Waals surface area (Å²) in [5, 5.41) is 7.57. The Morgan fingerprint density at radius 3 is 3.00 bits per heavy atom. The molecule has 0 unspecified atom stereocenters. The predicted octanol–water partition coefficient (Wildman–Crippen LogP) is 2.67. The second kappa shape index (κ2) is 6.29. The maximum Gasteiger partial charge on any atom is 0.291 e. The Hall–Kier alpha value is -2.15. The quantitative estimate of drug-likeness (QED) is 0.723. The number of rotatable bonds is 3.